The van der Waals surface area contributed by atoms with Gasteiger partial charge in [-0.25, -0.2) is 0 Å². The van der Waals surface area contributed by atoms with Gasteiger partial charge in [0.15, 0.2) is 0 Å². The molecule has 0 aromatic rings. The van der Waals surface area contributed by atoms with Gasteiger partial charge < -0.3 is 19.7 Å². The minimum atomic E-state index is -0.629. The molecule has 1 fully saturated rings. The van der Waals surface area contributed by atoms with E-state index in [-0.39, 0.29) is 60.8 Å². The van der Waals surface area contributed by atoms with Crippen LogP contribution >= 0.6 is 0 Å². The van der Waals surface area contributed by atoms with Gasteiger partial charge in [0.1, 0.15) is 12.2 Å². The lowest BCUT2D eigenvalue weighted by Crippen LogP contribution is -2.44. The van der Waals surface area contributed by atoms with Gasteiger partial charge in [0, 0.05) is 24.9 Å². The molecular formula is C25H38O6. The van der Waals surface area contributed by atoms with E-state index in [0.29, 0.717) is 25.7 Å². The van der Waals surface area contributed by atoms with Crippen molar-refractivity contribution in [2.75, 3.05) is 6.61 Å². The Labute approximate surface area is 185 Å². The summed E-state index contributed by atoms with van der Waals surface area (Å²) >= 11 is 0. The predicted molar refractivity (Wildman–Crippen MR) is 117 cm³/mol. The van der Waals surface area contributed by atoms with Crippen molar-refractivity contribution in [3.05, 3.63) is 23.8 Å². The van der Waals surface area contributed by atoms with E-state index in [4.69, 9.17) is 9.47 Å². The van der Waals surface area contributed by atoms with Crippen LogP contribution in [0.3, 0.4) is 0 Å². The van der Waals surface area contributed by atoms with Crippen LogP contribution in [0.4, 0.5) is 0 Å². The molecule has 6 heteroatoms. The van der Waals surface area contributed by atoms with Crippen molar-refractivity contribution in [1.82, 2.24) is 0 Å². The minimum absolute atomic E-state index is 0.0260. The summed E-state index contributed by atoms with van der Waals surface area (Å²) in [4.78, 5) is 24.6. The maximum atomic E-state index is 12.9. The van der Waals surface area contributed by atoms with E-state index in [1.54, 1.807) is 0 Å². The van der Waals surface area contributed by atoms with Crippen LogP contribution in [-0.2, 0) is 19.1 Å². The molecule has 1 aliphatic heterocycles. The van der Waals surface area contributed by atoms with E-state index in [2.05, 4.69) is 25.2 Å². The molecule has 0 aromatic heterocycles. The van der Waals surface area contributed by atoms with Gasteiger partial charge in [0.2, 0.25) is 0 Å². The van der Waals surface area contributed by atoms with Gasteiger partial charge in [0.05, 0.1) is 17.9 Å². The van der Waals surface area contributed by atoms with E-state index >= 15 is 0 Å². The SMILES string of the molecule is CCC(C)(C)C(=O)O[C@@H]1C[C@H](CO)C=C2C=C[C@@H](C)[C@@H](CC[C@H]3C[C@H](O)CC(=O)O3)[C@@H]21. The van der Waals surface area contributed by atoms with Gasteiger partial charge in [-0.15, -0.1) is 0 Å². The smallest absolute Gasteiger partial charge is 0.311 e. The zero-order chi connectivity index (χ0) is 22.8. The highest BCUT2D eigenvalue weighted by Crippen LogP contribution is 2.45. The van der Waals surface area contributed by atoms with Crippen LogP contribution in [0.1, 0.15) is 66.2 Å². The molecule has 7 atom stereocenters. The van der Waals surface area contributed by atoms with Crippen molar-refractivity contribution in [2.45, 2.75) is 84.5 Å². The third-order valence-corrected chi connectivity index (χ3v) is 7.46. The Morgan fingerprint density at radius 3 is 2.68 bits per heavy atom. The zero-order valence-corrected chi connectivity index (χ0v) is 19.3. The highest BCUT2D eigenvalue weighted by molar-refractivity contribution is 5.76. The number of ether oxygens (including phenoxy) is 2. The Balaban J connectivity index is 1.79. The number of carbonyl (C=O) groups is 2. The fourth-order valence-electron chi connectivity index (χ4n) is 5.08. The van der Waals surface area contributed by atoms with E-state index < -0.39 is 11.5 Å². The van der Waals surface area contributed by atoms with Crippen LogP contribution in [-0.4, -0.2) is 47.1 Å². The lowest BCUT2D eigenvalue weighted by Gasteiger charge is -2.44. The van der Waals surface area contributed by atoms with Gasteiger partial charge in [-0.3, -0.25) is 9.59 Å². The lowest BCUT2D eigenvalue weighted by molar-refractivity contribution is -0.166. The standard InChI is InChI=1S/C25H38O6/c1-5-25(3,4)24(29)31-21-11-16(14-26)10-17-7-6-15(2)20(23(17)21)9-8-19-12-18(27)13-22(28)30-19/h6-7,10,15-16,18-21,23,26-27H,5,8-9,11-14H2,1-4H3/t15-,16-,18+,19+,20-,21-,23-/m1/s1. The molecule has 174 valence electrons. The second kappa shape index (κ2) is 9.86. The maximum Gasteiger partial charge on any atom is 0.311 e. The summed E-state index contributed by atoms with van der Waals surface area (Å²) in [7, 11) is 0. The Morgan fingerprint density at radius 2 is 2.03 bits per heavy atom. The van der Waals surface area contributed by atoms with Crippen molar-refractivity contribution in [1.29, 1.82) is 0 Å². The fraction of sp³-hybridized carbons (Fsp3) is 0.760. The molecule has 3 aliphatic rings. The third-order valence-electron chi connectivity index (χ3n) is 7.46. The predicted octanol–water partition coefficient (Wildman–Crippen LogP) is 3.56. The number of allylic oxidation sites excluding steroid dienone is 2. The molecule has 1 saturated heterocycles. The number of aliphatic hydroxyl groups is 2. The van der Waals surface area contributed by atoms with Crippen molar-refractivity contribution in [3.8, 4) is 0 Å². The summed E-state index contributed by atoms with van der Waals surface area (Å²) in [5, 5.41) is 19.7. The van der Waals surface area contributed by atoms with E-state index in [0.717, 1.165) is 12.0 Å². The molecule has 0 spiro atoms. The van der Waals surface area contributed by atoms with Crippen LogP contribution in [0.25, 0.3) is 0 Å². The van der Waals surface area contributed by atoms with E-state index in [9.17, 15) is 19.8 Å². The summed E-state index contributed by atoms with van der Waals surface area (Å²) in [5.41, 5.74) is 0.579. The average molecular weight is 435 g/mol. The number of fused-ring (bicyclic) bond motifs is 1. The number of aliphatic hydroxyl groups excluding tert-OH is 2. The van der Waals surface area contributed by atoms with Crippen LogP contribution in [0.2, 0.25) is 0 Å². The van der Waals surface area contributed by atoms with E-state index in [1.807, 2.05) is 20.8 Å². The number of carbonyl (C=O) groups excluding carboxylic acids is 2. The topological polar surface area (TPSA) is 93.1 Å². The molecule has 2 aliphatic carbocycles. The maximum absolute atomic E-state index is 12.9. The first-order valence-electron chi connectivity index (χ1n) is 11.7. The fourth-order valence-corrected chi connectivity index (χ4v) is 5.08. The number of hydrogen-bond donors (Lipinski definition) is 2. The van der Waals surface area contributed by atoms with Crippen molar-refractivity contribution < 1.29 is 29.3 Å². The van der Waals surface area contributed by atoms with Gasteiger partial charge in [-0.1, -0.05) is 32.1 Å². The molecular weight excluding hydrogens is 396 g/mol. The van der Waals surface area contributed by atoms with Crippen LogP contribution < -0.4 is 0 Å². The van der Waals surface area contributed by atoms with Crippen molar-refractivity contribution in [3.63, 3.8) is 0 Å². The zero-order valence-electron chi connectivity index (χ0n) is 19.3. The Bertz CT molecular complexity index is 724. The molecule has 0 saturated carbocycles. The Hall–Kier alpha value is -1.66. The minimum Gasteiger partial charge on any atom is -0.462 e. The summed E-state index contributed by atoms with van der Waals surface area (Å²) < 4.78 is 11.6. The van der Waals surface area contributed by atoms with Gasteiger partial charge in [-0.2, -0.15) is 0 Å². The van der Waals surface area contributed by atoms with E-state index in [1.165, 1.54) is 0 Å². The first-order valence-corrected chi connectivity index (χ1v) is 11.7. The first kappa shape index (κ1) is 24.0. The summed E-state index contributed by atoms with van der Waals surface area (Å²) in [5.74, 6) is 0.0282. The number of hydrogen-bond acceptors (Lipinski definition) is 6. The molecule has 0 aromatic carbocycles. The molecule has 6 nitrogen and oxygen atoms in total. The summed E-state index contributed by atoms with van der Waals surface area (Å²) in [6, 6.07) is 0. The highest BCUT2D eigenvalue weighted by atomic mass is 16.6. The van der Waals surface area contributed by atoms with Crippen molar-refractivity contribution >= 4 is 11.9 Å². The molecule has 1 heterocycles. The molecule has 0 bridgehead atoms. The number of esters is 2. The average Bonchev–Trinajstić information content (AvgIpc) is 2.72. The Morgan fingerprint density at radius 1 is 1.29 bits per heavy atom. The second-order valence-corrected chi connectivity index (χ2v) is 10.2. The molecule has 0 radical (unpaired) electrons. The second-order valence-electron chi connectivity index (χ2n) is 10.2. The first-order chi connectivity index (χ1) is 14.6. The van der Waals surface area contributed by atoms with Crippen LogP contribution in [0, 0.1) is 29.1 Å². The summed E-state index contributed by atoms with van der Waals surface area (Å²) in [6.45, 7) is 8.00. The van der Waals surface area contributed by atoms with Crippen LogP contribution in [0.5, 0.6) is 0 Å². The third kappa shape index (κ3) is 5.58. The van der Waals surface area contributed by atoms with Crippen molar-refractivity contribution in [2.24, 2.45) is 29.1 Å². The molecule has 0 unspecified atom stereocenters. The normalized spacial score (nSPS) is 35.7. The van der Waals surface area contributed by atoms with Gasteiger partial charge in [0.25, 0.3) is 0 Å². The molecule has 0 amide bonds. The van der Waals surface area contributed by atoms with Gasteiger partial charge in [-0.05, 0) is 56.9 Å². The Kier molecular flexibility index (Phi) is 7.63. The molecule has 3 rings (SSSR count). The van der Waals surface area contributed by atoms with Gasteiger partial charge >= 0.3 is 11.9 Å². The number of rotatable bonds is 7. The quantitative estimate of drug-likeness (QED) is 0.595. The molecule has 31 heavy (non-hydrogen) atoms. The largest absolute Gasteiger partial charge is 0.462 e. The number of cyclic esters (lactones) is 1. The summed E-state index contributed by atoms with van der Waals surface area (Å²) in [6.07, 6.45) is 8.60. The molecule has 2 N–H and O–H groups in total. The van der Waals surface area contributed by atoms with Crippen LogP contribution in [0.15, 0.2) is 23.8 Å². The monoisotopic (exact) mass is 434 g/mol. The lowest BCUT2D eigenvalue weighted by atomic mass is 9.65. The highest BCUT2D eigenvalue weighted by Gasteiger charge is 2.43.